The largest absolute Gasteiger partial charge is 0.377 e. The molecule has 2 saturated heterocycles. The average molecular weight is 321 g/mol. The number of carbonyl (C=O) groups is 1. The molecule has 0 radical (unpaired) electrons. The summed E-state index contributed by atoms with van der Waals surface area (Å²) in [6.45, 7) is 7.21. The number of nitrogens with zero attached hydrogens (tertiary/aromatic N) is 1. The molecule has 1 amide bonds. The first-order valence-corrected chi connectivity index (χ1v) is 8.76. The fourth-order valence-electron chi connectivity index (χ4n) is 3.58. The third-order valence-corrected chi connectivity index (χ3v) is 5.49. The van der Waals surface area contributed by atoms with Crippen LogP contribution in [0.15, 0.2) is 30.2 Å². The summed E-state index contributed by atoms with van der Waals surface area (Å²) >= 11 is 1.51. The van der Waals surface area contributed by atoms with Crippen LogP contribution in [0.3, 0.4) is 0 Å². The van der Waals surface area contributed by atoms with E-state index in [1.807, 2.05) is 22.4 Å². The number of ether oxygens (including phenoxy) is 2. The second-order valence-electron chi connectivity index (χ2n) is 6.12. The SMILES string of the molecule is C=CCOCC12CCCOC1CCN(C(=O)c1cccs1)C2. The van der Waals surface area contributed by atoms with Crippen LogP contribution in [-0.2, 0) is 9.47 Å². The molecule has 3 rings (SSSR count). The predicted molar refractivity (Wildman–Crippen MR) is 87.3 cm³/mol. The Morgan fingerprint density at radius 2 is 2.55 bits per heavy atom. The second-order valence-corrected chi connectivity index (χ2v) is 7.07. The predicted octanol–water partition coefficient (Wildman–Crippen LogP) is 2.96. The lowest BCUT2D eigenvalue weighted by Gasteiger charge is -2.50. The molecular formula is C17H23NO3S. The van der Waals surface area contributed by atoms with E-state index in [1.54, 1.807) is 6.08 Å². The Morgan fingerprint density at radius 3 is 3.32 bits per heavy atom. The Kier molecular flexibility index (Phi) is 4.96. The van der Waals surface area contributed by atoms with E-state index in [-0.39, 0.29) is 17.4 Å². The molecule has 0 spiro atoms. The Labute approximate surface area is 135 Å². The molecule has 0 bridgehead atoms. The van der Waals surface area contributed by atoms with Crippen molar-refractivity contribution >= 4 is 17.2 Å². The third kappa shape index (κ3) is 3.12. The topological polar surface area (TPSA) is 38.8 Å². The van der Waals surface area contributed by atoms with Crippen molar-refractivity contribution in [3.8, 4) is 0 Å². The molecule has 2 unspecified atom stereocenters. The van der Waals surface area contributed by atoms with Gasteiger partial charge in [-0.1, -0.05) is 12.1 Å². The van der Waals surface area contributed by atoms with Gasteiger partial charge in [0.1, 0.15) is 0 Å². The summed E-state index contributed by atoms with van der Waals surface area (Å²) in [5.74, 6) is 0.141. The van der Waals surface area contributed by atoms with Crippen molar-refractivity contribution in [3.63, 3.8) is 0 Å². The summed E-state index contributed by atoms with van der Waals surface area (Å²) in [6, 6.07) is 3.83. The molecule has 120 valence electrons. The van der Waals surface area contributed by atoms with Gasteiger partial charge < -0.3 is 14.4 Å². The van der Waals surface area contributed by atoms with E-state index in [0.29, 0.717) is 13.2 Å². The molecular weight excluding hydrogens is 298 g/mol. The lowest BCUT2D eigenvalue weighted by molar-refractivity contribution is -0.144. The molecule has 2 aliphatic rings. The van der Waals surface area contributed by atoms with Gasteiger partial charge >= 0.3 is 0 Å². The molecule has 1 aromatic rings. The number of rotatable bonds is 5. The minimum Gasteiger partial charge on any atom is -0.377 e. The normalized spacial score (nSPS) is 28.2. The van der Waals surface area contributed by atoms with Gasteiger partial charge in [0.15, 0.2) is 0 Å². The minimum absolute atomic E-state index is 0.0631. The number of likely N-dealkylation sites (tertiary alicyclic amines) is 1. The van der Waals surface area contributed by atoms with Crippen LogP contribution in [0, 0.1) is 5.41 Å². The lowest BCUT2D eigenvalue weighted by Crippen LogP contribution is -2.58. The zero-order valence-electron chi connectivity index (χ0n) is 12.8. The van der Waals surface area contributed by atoms with Crippen LogP contribution >= 0.6 is 11.3 Å². The van der Waals surface area contributed by atoms with Crippen molar-refractivity contribution in [3.05, 3.63) is 35.0 Å². The van der Waals surface area contributed by atoms with Crippen LogP contribution < -0.4 is 0 Å². The van der Waals surface area contributed by atoms with Crippen LogP contribution in [0.2, 0.25) is 0 Å². The third-order valence-electron chi connectivity index (χ3n) is 4.63. The minimum atomic E-state index is -0.0631. The fourth-order valence-corrected chi connectivity index (χ4v) is 4.27. The second kappa shape index (κ2) is 6.94. The van der Waals surface area contributed by atoms with E-state index in [0.717, 1.165) is 43.8 Å². The zero-order chi connectivity index (χ0) is 15.4. The van der Waals surface area contributed by atoms with E-state index in [9.17, 15) is 4.79 Å². The van der Waals surface area contributed by atoms with Crippen LogP contribution in [0.5, 0.6) is 0 Å². The summed E-state index contributed by atoms with van der Waals surface area (Å²) in [5, 5.41) is 1.95. The van der Waals surface area contributed by atoms with Gasteiger partial charge in [-0.2, -0.15) is 0 Å². The Morgan fingerprint density at radius 1 is 1.64 bits per heavy atom. The molecule has 0 N–H and O–H groups in total. The maximum absolute atomic E-state index is 12.6. The first-order valence-electron chi connectivity index (χ1n) is 7.88. The van der Waals surface area contributed by atoms with Crippen molar-refractivity contribution in [1.29, 1.82) is 0 Å². The molecule has 3 heterocycles. The molecule has 0 saturated carbocycles. The molecule has 22 heavy (non-hydrogen) atoms. The van der Waals surface area contributed by atoms with Gasteiger partial charge in [0.05, 0.1) is 24.2 Å². The number of thiophene rings is 1. The van der Waals surface area contributed by atoms with Gasteiger partial charge in [-0.3, -0.25) is 4.79 Å². The monoisotopic (exact) mass is 321 g/mol. The Hall–Kier alpha value is -1.17. The van der Waals surface area contributed by atoms with Crippen molar-refractivity contribution < 1.29 is 14.3 Å². The number of amides is 1. The van der Waals surface area contributed by atoms with Crippen molar-refractivity contribution in [1.82, 2.24) is 4.90 Å². The van der Waals surface area contributed by atoms with E-state index < -0.39 is 0 Å². The van der Waals surface area contributed by atoms with Crippen LogP contribution in [-0.4, -0.2) is 49.8 Å². The van der Waals surface area contributed by atoms with Crippen LogP contribution in [0.1, 0.15) is 28.9 Å². The van der Waals surface area contributed by atoms with Gasteiger partial charge in [-0.05, 0) is 30.7 Å². The first-order chi connectivity index (χ1) is 10.7. The summed E-state index contributed by atoms with van der Waals surface area (Å²) in [6.07, 6.45) is 4.97. The van der Waals surface area contributed by atoms with Gasteiger partial charge in [-0.15, -0.1) is 17.9 Å². The first kappa shape index (κ1) is 15.7. The molecule has 5 heteroatoms. The molecule has 0 aliphatic carbocycles. The molecule has 1 aromatic heterocycles. The van der Waals surface area contributed by atoms with Gasteiger partial charge in [0, 0.05) is 25.1 Å². The van der Waals surface area contributed by atoms with Crippen LogP contribution in [0.25, 0.3) is 0 Å². The lowest BCUT2D eigenvalue weighted by atomic mass is 9.73. The Balaban J connectivity index is 1.74. The summed E-state index contributed by atoms with van der Waals surface area (Å²) < 4.78 is 11.8. The van der Waals surface area contributed by atoms with Crippen LogP contribution in [0.4, 0.5) is 0 Å². The van der Waals surface area contributed by atoms with E-state index in [4.69, 9.17) is 9.47 Å². The number of hydrogen-bond acceptors (Lipinski definition) is 4. The quantitative estimate of drug-likeness (QED) is 0.618. The van der Waals surface area contributed by atoms with E-state index in [2.05, 4.69) is 6.58 Å². The molecule has 0 aromatic carbocycles. The van der Waals surface area contributed by atoms with Gasteiger partial charge in [0.25, 0.3) is 5.91 Å². The maximum atomic E-state index is 12.6. The molecule has 2 aliphatic heterocycles. The van der Waals surface area contributed by atoms with Gasteiger partial charge in [-0.25, -0.2) is 0 Å². The zero-order valence-corrected chi connectivity index (χ0v) is 13.6. The maximum Gasteiger partial charge on any atom is 0.263 e. The standard InChI is InChI=1S/C17H23NO3S/c1-2-9-20-13-17-7-4-10-21-15(17)6-8-18(12-17)16(19)14-5-3-11-22-14/h2-3,5,11,15H,1,4,6-10,12-13H2. The van der Waals surface area contributed by atoms with Crippen molar-refractivity contribution in [2.24, 2.45) is 5.41 Å². The number of hydrogen-bond donors (Lipinski definition) is 0. The molecule has 2 atom stereocenters. The van der Waals surface area contributed by atoms with Gasteiger partial charge in [0.2, 0.25) is 0 Å². The number of piperidine rings is 1. The van der Waals surface area contributed by atoms with Crippen molar-refractivity contribution in [2.75, 3.05) is 32.9 Å². The number of fused-ring (bicyclic) bond motifs is 1. The highest BCUT2D eigenvalue weighted by molar-refractivity contribution is 7.12. The number of carbonyl (C=O) groups excluding carboxylic acids is 1. The van der Waals surface area contributed by atoms with E-state index in [1.165, 1.54) is 11.3 Å². The molecule has 4 nitrogen and oxygen atoms in total. The highest BCUT2D eigenvalue weighted by Gasteiger charge is 2.47. The highest BCUT2D eigenvalue weighted by atomic mass is 32.1. The van der Waals surface area contributed by atoms with Crippen molar-refractivity contribution in [2.45, 2.75) is 25.4 Å². The summed E-state index contributed by atoms with van der Waals surface area (Å²) in [7, 11) is 0. The highest BCUT2D eigenvalue weighted by Crippen LogP contribution is 2.41. The van der Waals surface area contributed by atoms with E-state index >= 15 is 0 Å². The molecule has 2 fully saturated rings. The average Bonchev–Trinajstić information content (AvgIpc) is 3.08. The summed E-state index contributed by atoms with van der Waals surface area (Å²) in [5.41, 5.74) is -0.0631. The smallest absolute Gasteiger partial charge is 0.263 e. The fraction of sp³-hybridized carbons (Fsp3) is 0.588. The summed E-state index contributed by atoms with van der Waals surface area (Å²) in [4.78, 5) is 15.4. The Bertz CT molecular complexity index is 516.